The maximum absolute atomic E-state index is 6.08. The zero-order valence-electron chi connectivity index (χ0n) is 12.7. The maximum atomic E-state index is 6.08. The molecule has 0 radical (unpaired) electrons. The minimum Gasteiger partial charge on any atom is -0.487 e. The molecule has 2 rings (SSSR count). The Morgan fingerprint density at radius 3 is 2.79 bits per heavy atom. The van der Waals surface area contributed by atoms with Crippen LogP contribution in [0.3, 0.4) is 0 Å². The highest BCUT2D eigenvalue weighted by Gasteiger charge is 2.31. The molecule has 0 aliphatic carbocycles. The molecule has 1 aliphatic rings. The van der Waals surface area contributed by atoms with Crippen molar-refractivity contribution < 1.29 is 9.47 Å². The van der Waals surface area contributed by atoms with Crippen molar-refractivity contribution in [3.05, 3.63) is 29.3 Å². The number of ether oxygens (including phenoxy) is 2. The number of methoxy groups -OCH3 is 1. The number of hydrogen-bond donors (Lipinski definition) is 1. The summed E-state index contributed by atoms with van der Waals surface area (Å²) in [7, 11) is 1.73. The maximum Gasteiger partial charge on any atom is 0.127 e. The first kappa shape index (κ1) is 14.4. The van der Waals surface area contributed by atoms with Gasteiger partial charge in [0.05, 0.1) is 6.61 Å². The molecule has 0 aromatic heterocycles. The Hall–Kier alpha value is -1.06. The largest absolute Gasteiger partial charge is 0.487 e. The SMILES string of the molecule is COCC(C)(C)NCc1cccc2c1OC(C)(C)C2. The zero-order valence-corrected chi connectivity index (χ0v) is 12.7. The number of rotatable bonds is 5. The van der Waals surface area contributed by atoms with Crippen LogP contribution in [0.4, 0.5) is 0 Å². The quantitative estimate of drug-likeness (QED) is 0.886. The smallest absolute Gasteiger partial charge is 0.127 e. The van der Waals surface area contributed by atoms with Crippen LogP contribution in [0.5, 0.6) is 5.75 Å². The highest BCUT2D eigenvalue weighted by molar-refractivity contribution is 5.45. The van der Waals surface area contributed by atoms with Crippen molar-refractivity contribution in [1.29, 1.82) is 0 Å². The Kier molecular flexibility index (Phi) is 3.88. The van der Waals surface area contributed by atoms with Crippen LogP contribution in [0.25, 0.3) is 0 Å². The average molecular weight is 263 g/mol. The van der Waals surface area contributed by atoms with Crippen LogP contribution < -0.4 is 10.1 Å². The van der Waals surface area contributed by atoms with Gasteiger partial charge in [0.15, 0.2) is 0 Å². The van der Waals surface area contributed by atoms with Gasteiger partial charge in [-0.1, -0.05) is 18.2 Å². The zero-order chi connectivity index (χ0) is 14.1. The van der Waals surface area contributed by atoms with Crippen LogP contribution in [-0.4, -0.2) is 24.9 Å². The number of fused-ring (bicyclic) bond motifs is 1. The van der Waals surface area contributed by atoms with Crippen molar-refractivity contribution in [2.24, 2.45) is 0 Å². The van der Waals surface area contributed by atoms with E-state index in [4.69, 9.17) is 9.47 Å². The van der Waals surface area contributed by atoms with Crippen molar-refractivity contribution in [1.82, 2.24) is 5.32 Å². The van der Waals surface area contributed by atoms with Gasteiger partial charge in [-0.15, -0.1) is 0 Å². The normalized spacial score (nSPS) is 17.1. The van der Waals surface area contributed by atoms with Gasteiger partial charge < -0.3 is 14.8 Å². The first-order valence-corrected chi connectivity index (χ1v) is 6.87. The standard InChI is InChI=1S/C16H25NO2/c1-15(2,11-18-5)17-10-13-8-6-7-12-9-16(3,4)19-14(12)13/h6-8,17H,9-11H2,1-5H3. The van der Waals surface area contributed by atoms with Crippen LogP contribution in [-0.2, 0) is 17.7 Å². The number of hydrogen-bond acceptors (Lipinski definition) is 3. The first-order chi connectivity index (χ1) is 8.83. The molecule has 1 N–H and O–H groups in total. The molecule has 1 heterocycles. The molecule has 1 aromatic rings. The molecular formula is C16H25NO2. The van der Waals surface area contributed by atoms with E-state index in [1.807, 2.05) is 0 Å². The van der Waals surface area contributed by atoms with Crippen LogP contribution in [0.15, 0.2) is 18.2 Å². The molecule has 106 valence electrons. The van der Waals surface area contributed by atoms with E-state index in [-0.39, 0.29) is 11.1 Å². The third-order valence-corrected chi connectivity index (χ3v) is 3.44. The van der Waals surface area contributed by atoms with Crippen molar-refractivity contribution >= 4 is 0 Å². The summed E-state index contributed by atoms with van der Waals surface area (Å²) in [6.07, 6.45) is 0.984. The average Bonchev–Trinajstić information content (AvgIpc) is 2.60. The Balaban J connectivity index is 2.10. The van der Waals surface area contributed by atoms with E-state index in [1.54, 1.807) is 7.11 Å². The molecule has 0 fully saturated rings. The molecule has 3 nitrogen and oxygen atoms in total. The Morgan fingerprint density at radius 1 is 1.37 bits per heavy atom. The lowest BCUT2D eigenvalue weighted by Crippen LogP contribution is -2.42. The van der Waals surface area contributed by atoms with Crippen molar-refractivity contribution in [3.63, 3.8) is 0 Å². The lowest BCUT2D eigenvalue weighted by molar-refractivity contribution is 0.125. The second-order valence-corrected chi connectivity index (χ2v) is 6.61. The molecule has 0 unspecified atom stereocenters. The predicted octanol–water partition coefficient (Wildman–Crippen LogP) is 2.91. The third-order valence-electron chi connectivity index (χ3n) is 3.44. The summed E-state index contributed by atoms with van der Waals surface area (Å²) in [5.41, 5.74) is 2.42. The Labute approximate surface area is 116 Å². The first-order valence-electron chi connectivity index (χ1n) is 6.87. The molecule has 0 spiro atoms. The topological polar surface area (TPSA) is 30.5 Å². The van der Waals surface area contributed by atoms with Gasteiger partial charge in [-0.2, -0.15) is 0 Å². The van der Waals surface area contributed by atoms with E-state index >= 15 is 0 Å². The number of nitrogens with one attached hydrogen (secondary N) is 1. The molecule has 0 bridgehead atoms. The summed E-state index contributed by atoms with van der Waals surface area (Å²) < 4.78 is 11.3. The van der Waals surface area contributed by atoms with Crippen molar-refractivity contribution in [2.45, 2.75) is 51.8 Å². The van der Waals surface area contributed by atoms with Gasteiger partial charge in [0.1, 0.15) is 11.4 Å². The molecule has 0 amide bonds. The molecule has 0 saturated heterocycles. The van der Waals surface area contributed by atoms with Gasteiger partial charge in [-0.25, -0.2) is 0 Å². The van der Waals surface area contributed by atoms with E-state index in [1.165, 1.54) is 11.1 Å². The molecule has 3 heteroatoms. The van der Waals surface area contributed by atoms with Crippen LogP contribution >= 0.6 is 0 Å². The highest BCUT2D eigenvalue weighted by Crippen LogP contribution is 2.37. The fraction of sp³-hybridized carbons (Fsp3) is 0.625. The molecule has 0 saturated carbocycles. The second kappa shape index (κ2) is 5.14. The Morgan fingerprint density at radius 2 is 2.11 bits per heavy atom. The van der Waals surface area contributed by atoms with Crippen molar-refractivity contribution in [3.8, 4) is 5.75 Å². The summed E-state index contributed by atoms with van der Waals surface area (Å²) in [5.74, 6) is 1.06. The lowest BCUT2D eigenvalue weighted by Gasteiger charge is -2.26. The predicted molar refractivity (Wildman–Crippen MR) is 77.6 cm³/mol. The van der Waals surface area contributed by atoms with Gasteiger partial charge in [0, 0.05) is 31.2 Å². The van der Waals surface area contributed by atoms with E-state index in [0.29, 0.717) is 6.61 Å². The number of para-hydroxylation sites is 1. The second-order valence-electron chi connectivity index (χ2n) is 6.61. The van der Waals surface area contributed by atoms with Gasteiger partial charge in [0.25, 0.3) is 0 Å². The van der Waals surface area contributed by atoms with Gasteiger partial charge >= 0.3 is 0 Å². The lowest BCUT2D eigenvalue weighted by atomic mass is 10.00. The minimum absolute atomic E-state index is 0.0361. The third kappa shape index (κ3) is 3.48. The van der Waals surface area contributed by atoms with Gasteiger partial charge in [-0.05, 0) is 33.3 Å². The number of benzene rings is 1. The summed E-state index contributed by atoms with van der Waals surface area (Å²) in [4.78, 5) is 0. The fourth-order valence-electron chi connectivity index (χ4n) is 2.56. The highest BCUT2D eigenvalue weighted by atomic mass is 16.5. The fourth-order valence-corrected chi connectivity index (χ4v) is 2.56. The van der Waals surface area contributed by atoms with E-state index in [2.05, 4.69) is 51.2 Å². The van der Waals surface area contributed by atoms with Crippen molar-refractivity contribution in [2.75, 3.05) is 13.7 Å². The van der Waals surface area contributed by atoms with E-state index in [0.717, 1.165) is 18.7 Å². The summed E-state index contributed by atoms with van der Waals surface area (Å²) in [6.45, 7) is 10.1. The van der Waals surface area contributed by atoms with E-state index < -0.39 is 0 Å². The molecule has 1 aromatic carbocycles. The summed E-state index contributed by atoms with van der Waals surface area (Å²) in [6, 6.07) is 6.41. The summed E-state index contributed by atoms with van der Waals surface area (Å²) in [5, 5.41) is 3.53. The summed E-state index contributed by atoms with van der Waals surface area (Å²) >= 11 is 0. The monoisotopic (exact) mass is 263 g/mol. The van der Waals surface area contributed by atoms with Crippen LogP contribution in [0, 0.1) is 0 Å². The Bertz CT molecular complexity index is 452. The van der Waals surface area contributed by atoms with Gasteiger partial charge in [-0.3, -0.25) is 0 Å². The molecule has 0 atom stereocenters. The van der Waals surface area contributed by atoms with Crippen LogP contribution in [0.2, 0.25) is 0 Å². The minimum atomic E-state index is -0.0829. The van der Waals surface area contributed by atoms with Crippen LogP contribution in [0.1, 0.15) is 38.8 Å². The van der Waals surface area contributed by atoms with Gasteiger partial charge in [0.2, 0.25) is 0 Å². The molecule has 19 heavy (non-hydrogen) atoms. The molecule has 1 aliphatic heterocycles. The van der Waals surface area contributed by atoms with E-state index in [9.17, 15) is 0 Å². The molecular weight excluding hydrogens is 238 g/mol.